The van der Waals surface area contributed by atoms with Crippen molar-refractivity contribution in [3.8, 4) is 6.07 Å². The molecule has 0 atom stereocenters. The van der Waals surface area contributed by atoms with E-state index < -0.39 is 6.67 Å². The highest BCUT2D eigenvalue weighted by atomic mass is 19.1. The zero-order chi connectivity index (χ0) is 24.8. The monoisotopic (exact) mass is 464 g/mol. The number of halogens is 1. The topological polar surface area (TPSA) is 85.5 Å². The minimum Gasteiger partial charge on any atom is -0.339 e. The lowest BCUT2D eigenvalue weighted by atomic mass is 10.1. The minimum absolute atomic E-state index is 0.354. The molecule has 1 aromatic heterocycles. The van der Waals surface area contributed by atoms with Gasteiger partial charge in [-0.15, -0.1) is 5.11 Å². The van der Waals surface area contributed by atoms with Crippen molar-refractivity contribution < 1.29 is 4.39 Å². The first-order valence-corrected chi connectivity index (χ1v) is 11.2. The number of nitrogens with one attached hydrogen (secondary N) is 2. The standard InChI is InChI=1S/C28H25FN6/c1-18-8-12-22(13-9-18)31-27-24(17-30)20(3)26(35-34-25-7-5-4-6-21(25)16-29)28(33-27)32-23-14-10-19(2)11-15-23/h4-15H,16H2,1-3H3,(H2,31,32,33). The van der Waals surface area contributed by atoms with Crippen molar-refractivity contribution in [3.05, 3.63) is 101 Å². The van der Waals surface area contributed by atoms with Crippen LogP contribution < -0.4 is 10.6 Å². The molecule has 0 spiro atoms. The number of hydrogen-bond acceptors (Lipinski definition) is 6. The van der Waals surface area contributed by atoms with Crippen molar-refractivity contribution >= 4 is 34.4 Å². The molecular weight excluding hydrogens is 439 g/mol. The fourth-order valence-corrected chi connectivity index (χ4v) is 3.50. The average Bonchev–Trinajstić information content (AvgIpc) is 2.87. The predicted octanol–water partition coefficient (Wildman–Crippen LogP) is 8.25. The van der Waals surface area contributed by atoms with Crippen LogP contribution in [0.25, 0.3) is 0 Å². The Morgan fingerprint density at radius 1 is 0.800 bits per heavy atom. The normalized spacial score (nSPS) is 10.8. The van der Waals surface area contributed by atoms with Crippen LogP contribution in [0.3, 0.4) is 0 Å². The van der Waals surface area contributed by atoms with E-state index in [1.54, 1.807) is 31.2 Å². The third-order valence-electron chi connectivity index (χ3n) is 5.55. The van der Waals surface area contributed by atoms with Crippen LogP contribution >= 0.6 is 0 Å². The molecular formula is C28H25FN6. The van der Waals surface area contributed by atoms with Gasteiger partial charge < -0.3 is 10.6 Å². The van der Waals surface area contributed by atoms with Crippen molar-refractivity contribution in [2.24, 2.45) is 10.2 Å². The molecule has 0 fully saturated rings. The summed E-state index contributed by atoms with van der Waals surface area (Å²) in [6, 6.07) is 24.8. The number of benzene rings is 3. The summed E-state index contributed by atoms with van der Waals surface area (Å²) in [5.74, 6) is 0.841. The van der Waals surface area contributed by atoms with Crippen LogP contribution in [0.15, 0.2) is 83.0 Å². The zero-order valence-corrected chi connectivity index (χ0v) is 19.8. The Bertz CT molecular complexity index is 1400. The number of azo groups is 1. The number of alkyl halides is 1. The van der Waals surface area contributed by atoms with Crippen LogP contribution in [-0.2, 0) is 6.67 Å². The molecule has 35 heavy (non-hydrogen) atoms. The summed E-state index contributed by atoms with van der Waals surface area (Å²) in [6.45, 7) is 5.18. The number of aromatic nitrogens is 1. The smallest absolute Gasteiger partial charge is 0.161 e. The van der Waals surface area contributed by atoms with Crippen LogP contribution in [0.5, 0.6) is 0 Å². The highest BCUT2D eigenvalue weighted by Gasteiger charge is 2.18. The Balaban J connectivity index is 1.82. The number of nitriles is 1. The molecule has 0 aliphatic rings. The molecule has 0 bridgehead atoms. The molecule has 4 aromatic rings. The van der Waals surface area contributed by atoms with Gasteiger partial charge in [-0.1, -0.05) is 53.6 Å². The van der Waals surface area contributed by atoms with Crippen LogP contribution in [0.4, 0.5) is 38.8 Å². The van der Waals surface area contributed by atoms with Gasteiger partial charge in [0.05, 0.1) is 11.3 Å². The van der Waals surface area contributed by atoms with E-state index in [1.807, 2.05) is 62.4 Å². The molecule has 6 nitrogen and oxygen atoms in total. The third kappa shape index (κ3) is 5.50. The summed E-state index contributed by atoms with van der Waals surface area (Å²) >= 11 is 0. The summed E-state index contributed by atoms with van der Waals surface area (Å²) in [5, 5.41) is 25.2. The number of rotatable bonds is 7. The average molecular weight is 465 g/mol. The summed E-state index contributed by atoms with van der Waals surface area (Å²) in [4.78, 5) is 4.72. The molecule has 174 valence electrons. The number of nitrogens with zero attached hydrogens (tertiary/aromatic N) is 4. The molecule has 0 aliphatic heterocycles. The summed E-state index contributed by atoms with van der Waals surface area (Å²) in [6.07, 6.45) is 0. The van der Waals surface area contributed by atoms with Gasteiger partial charge in [-0.2, -0.15) is 10.4 Å². The van der Waals surface area contributed by atoms with E-state index in [2.05, 4.69) is 26.9 Å². The van der Waals surface area contributed by atoms with Crippen molar-refractivity contribution in [3.63, 3.8) is 0 Å². The molecule has 4 rings (SSSR count). The predicted molar refractivity (Wildman–Crippen MR) is 138 cm³/mol. The molecule has 2 N–H and O–H groups in total. The Hall–Kier alpha value is -4.57. The van der Waals surface area contributed by atoms with Crippen LogP contribution in [0, 0.1) is 32.1 Å². The number of aryl methyl sites for hydroxylation is 2. The van der Waals surface area contributed by atoms with Gasteiger partial charge in [0, 0.05) is 22.5 Å². The molecule has 3 aromatic carbocycles. The van der Waals surface area contributed by atoms with E-state index in [9.17, 15) is 9.65 Å². The second kappa shape index (κ2) is 10.6. The lowest BCUT2D eigenvalue weighted by Crippen LogP contribution is -2.04. The van der Waals surface area contributed by atoms with Crippen molar-refractivity contribution in [2.45, 2.75) is 27.4 Å². The van der Waals surface area contributed by atoms with Gasteiger partial charge in [-0.25, -0.2) is 9.37 Å². The lowest BCUT2D eigenvalue weighted by molar-refractivity contribution is 0.486. The Morgan fingerprint density at radius 3 is 1.94 bits per heavy atom. The van der Waals surface area contributed by atoms with Gasteiger partial charge in [0.15, 0.2) is 11.6 Å². The maximum atomic E-state index is 13.4. The van der Waals surface area contributed by atoms with Gasteiger partial charge in [-0.05, 0) is 51.1 Å². The van der Waals surface area contributed by atoms with Gasteiger partial charge in [0.1, 0.15) is 18.4 Å². The maximum absolute atomic E-state index is 13.4. The fraction of sp³-hybridized carbons (Fsp3) is 0.143. The maximum Gasteiger partial charge on any atom is 0.161 e. The Morgan fingerprint density at radius 2 is 1.37 bits per heavy atom. The van der Waals surface area contributed by atoms with E-state index in [-0.39, 0.29) is 0 Å². The summed E-state index contributed by atoms with van der Waals surface area (Å²) < 4.78 is 13.4. The third-order valence-corrected chi connectivity index (χ3v) is 5.55. The molecule has 0 aliphatic carbocycles. The van der Waals surface area contributed by atoms with Crippen molar-refractivity contribution in [1.82, 2.24) is 4.98 Å². The van der Waals surface area contributed by atoms with Gasteiger partial charge in [0.25, 0.3) is 0 Å². The van der Waals surface area contributed by atoms with Crippen LogP contribution in [0.2, 0.25) is 0 Å². The number of anilines is 4. The molecule has 1 heterocycles. The molecule has 7 heteroatoms. The second-order valence-electron chi connectivity index (χ2n) is 8.21. The van der Waals surface area contributed by atoms with Gasteiger partial charge in [-0.3, -0.25) is 0 Å². The number of hydrogen-bond donors (Lipinski definition) is 2. The molecule has 0 radical (unpaired) electrons. The van der Waals surface area contributed by atoms with E-state index in [1.165, 1.54) is 0 Å². The Labute approximate surface area is 204 Å². The SMILES string of the molecule is Cc1ccc(Nc2nc(Nc3ccc(C)cc3)c(N=Nc3ccccc3CF)c(C)c2C#N)cc1. The van der Waals surface area contributed by atoms with Crippen LogP contribution in [0.1, 0.15) is 27.8 Å². The molecule has 0 amide bonds. The largest absolute Gasteiger partial charge is 0.339 e. The van der Waals surface area contributed by atoms with Crippen molar-refractivity contribution in [1.29, 1.82) is 5.26 Å². The van der Waals surface area contributed by atoms with E-state index in [0.29, 0.717) is 39.7 Å². The van der Waals surface area contributed by atoms with Gasteiger partial charge in [0.2, 0.25) is 0 Å². The molecule has 0 unspecified atom stereocenters. The van der Waals surface area contributed by atoms with Crippen molar-refractivity contribution in [2.75, 3.05) is 10.6 Å². The first-order valence-electron chi connectivity index (χ1n) is 11.2. The van der Waals surface area contributed by atoms with E-state index >= 15 is 0 Å². The Kier molecular flexibility index (Phi) is 7.12. The zero-order valence-electron chi connectivity index (χ0n) is 19.8. The summed E-state index contributed by atoms with van der Waals surface area (Å²) in [5.41, 5.74) is 6.12. The van der Waals surface area contributed by atoms with Crippen LogP contribution in [-0.4, -0.2) is 4.98 Å². The molecule has 0 saturated carbocycles. The lowest BCUT2D eigenvalue weighted by Gasteiger charge is -2.16. The first kappa shape index (κ1) is 23.6. The fourth-order valence-electron chi connectivity index (χ4n) is 3.50. The van der Waals surface area contributed by atoms with E-state index in [0.717, 1.165) is 22.5 Å². The first-order chi connectivity index (χ1) is 17.0. The highest BCUT2D eigenvalue weighted by molar-refractivity contribution is 5.79. The summed E-state index contributed by atoms with van der Waals surface area (Å²) in [7, 11) is 0. The second-order valence-corrected chi connectivity index (χ2v) is 8.21. The van der Waals surface area contributed by atoms with Gasteiger partial charge >= 0.3 is 0 Å². The highest BCUT2D eigenvalue weighted by Crippen LogP contribution is 2.37. The molecule has 0 saturated heterocycles. The quantitative estimate of drug-likeness (QED) is 0.270. The minimum atomic E-state index is -0.649. The van der Waals surface area contributed by atoms with E-state index in [4.69, 9.17) is 4.98 Å². The number of pyridine rings is 1.